The summed E-state index contributed by atoms with van der Waals surface area (Å²) in [6.07, 6.45) is 4.19. The topological polar surface area (TPSA) is 47.3 Å². The second-order valence-electron chi connectivity index (χ2n) is 5.95. The van der Waals surface area contributed by atoms with Gasteiger partial charge in [-0.25, -0.2) is 4.98 Å². The van der Waals surface area contributed by atoms with Crippen LogP contribution in [-0.2, 0) is 16.9 Å². The zero-order valence-electron chi connectivity index (χ0n) is 11.3. The summed E-state index contributed by atoms with van der Waals surface area (Å²) < 4.78 is 7.95. The number of imidazole rings is 1. The van der Waals surface area contributed by atoms with Gasteiger partial charge in [0.05, 0.1) is 11.2 Å². The fourth-order valence-corrected chi connectivity index (χ4v) is 2.92. The van der Waals surface area contributed by atoms with E-state index in [9.17, 15) is 5.11 Å². The summed E-state index contributed by atoms with van der Waals surface area (Å²) in [5, 5.41) is 11.0. The normalized spacial score (nSPS) is 30.7. The number of hydrogen-bond acceptors (Lipinski definition) is 3. The number of aliphatic hydroxyl groups is 1. The first kappa shape index (κ1) is 12.6. The molecule has 1 aliphatic heterocycles. The van der Waals surface area contributed by atoms with E-state index in [0.717, 1.165) is 6.54 Å². The van der Waals surface area contributed by atoms with Crippen molar-refractivity contribution in [3.8, 4) is 0 Å². The van der Waals surface area contributed by atoms with Crippen molar-refractivity contribution in [2.75, 3.05) is 0 Å². The van der Waals surface area contributed by atoms with Crippen LogP contribution in [0.4, 0.5) is 0 Å². The molecule has 4 nitrogen and oxygen atoms in total. The van der Waals surface area contributed by atoms with Crippen LogP contribution >= 0.6 is 0 Å². The lowest BCUT2D eigenvalue weighted by atomic mass is 9.81. The average molecular weight is 238 g/mol. The van der Waals surface area contributed by atoms with Crippen LogP contribution in [0.2, 0.25) is 0 Å². The number of aryl methyl sites for hydroxylation is 1. The Kier molecular flexibility index (Phi) is 2.64. The minimum atomic E-state index is -1.03. The van der Waals surface area contributed by atoms with E-state index in [1.807, 2.05) is 45.4 Å². The van der Waals surface area contributed by atoms with Gasteiger partial charge in [-0.2, -0.15) is 0 Å². The highest BCUT2D eigenvalue weighted by atomic mass is 16.5. The highest BCUT2D eigenvalue weighted by Gasteiger charge is 2.59. The Morgan fingerprint density at radius 2 is 2.06 bits per heavy atom. The second kappa shape index (κ2) is 3.56. The third-order valence-corrected chi connectivity index (χ3v) is 3.64. The second-order valence-corrected chi connectivity index (χ2v) is 5.95. The van der Waals surface area contributed by atoms with Gasteiger partial charge in [0.15, 0.2) is 5.60 Å². The molecule has 0 amide bonds. The van der Waals surface area contributed by atoms with Crippen molar-refractivity contribution in [3.63, 3.8) is 0 Å². The molecule has 2 heterocycles. The highest BCUT2D eigenvalue weighted by Crippen LogP contribution is 2.50. The zero-order valence-corrected chi connectivity index (χ0v) is 11.3. The number of ether oxygens (including phenoxy) is 1. The first-order valence-electron chi connectivity index (χ1n) is 6.16. The Labute approximate surface area is 103 Å². The van der Waals surface area contributed by atoms with Crippen LogP contribution in [0.5, 0.6) is 0 Å². The molecule has 0 spiro atoms. The molecular formula is C13H22N2O2. The lowest BCUT2D eigenvalue weighted by molar-refractivity contribution is -0.133. The van der Waals surface area contributed by atoms with Gasteiger partial charge in [0.25, 0.3) is 0 Å². The van der Waals surface area contributed by atoms with Crippen molar-refractivity contribution in [3.05, 3.63) is 18.2 Å². The predicted molar refractivity (Wildman–Crippen MR) is 65.7 cm³/mol. The molecule has 0 aliphatic carbocycles. The molecule has 0 radical (unpaired) electrons. The Balaban J connectivity index is 2.49. The van der Waals surface area contributed by atoms with E-state index in [1.165, 1.54) is 0 Å². The summed E-state index contributed by atoms with van der Waals surface area (Å²) in [6.45, 7) is 10.7. The van der Waals surface area contributed by atoms with Gasteiger partial charge in [0.2, 0.25) is 0 Å². The maximum Gasteiger partial charge on any atom is 0.153 e. The first-order chi connectivity index (χ1) is 7.72. The molecule has 0 aromatic carbocycles. The smallest absolute Gasteiger partial charge is 0.153 e. The molecule has 17 heavy (non-hydrogen) atoms. The molecule has 0 saturated carbocycles. The number of hydrogen-bond donors (Lipinski definition) is 1. The Morgan fingerprint density at radius 3 is 2.53 bits per heavy atom. The third-order valence-electron chi connectivity index (χ3n) is 3.64. The summed E-state index contributed by atoms with van der Waals surface area (Å²) in [6, 6.07) is 0. The van der Waals surface area contributed by atoms with Gasteiger partial charge in [-0.1, -0.05) is 0 Å². The van der Waals surface area contributed by atoms with Crippen molar-refractivity contribution in [2.24, 2.45) is 0 Å². The van der Waals surface area contributed by atoms with Gasteiger partial charge in [-0.05, 0) is 34.6 Å². The van der Waals surface area contributed by atoms with Crippen LogP contribution in [0.3, 0.4) is 0 Å². The first-order valence-corrected chi connectivity index (χ1v) is 6.16. The van der Waals surface area contributed by atoms with Crippen molar-refractivity contribution in [1.29, 1.82) is 0 Å². The molecule has 0 bridgehead atoms. The highest BCUT2D eigenvalue weighted by molar-refractivity contribution is 5.17. The van der Waals surface area contributed by atoms with E-state index in [-0.39, 0.29) is 5.60 Å². The Hall–Kier alpha value is -0.870. The van der Waals surface area contributed by atoms with E-state index in [2.05, 4.69) is 4.98 Å². The molecular weight excluding hydrogens is 216 g/mol. The van der Waals surface area contributed by atoms with Crippen LogP contribution in [0.25, 0.3) is 0 Å². The number of aromatic nitrogens is 2. The van der Waals surface area contributed by atoms with E-state index in [0.29, 0.717) is 12.2 Å². The molecule has 96 valence electrons. The Morgan fingerprint density at radius 1 is 1.41 bits per heavy atom. The molecule has 1 fully saturated rings. The van der Waals surface area contributed by atoms with Crippen molar-refractivity contribution >= 4 is 0 Å². The summed E-state index contributed by atoms with van der Waals surface area (Å²) >= 11 is 0. The standard InChI is InChI=1S/C13H22N2O2/c1-6-15-8-7-14-10(15)13(16)9-11(2,3)17-12(13,4)5/h7-8,16H,6,9H2,1-5H3. The van der Waals surface area contributed by atoms with Crippen molar-refractivity contribution in [2.45, 2.75) is 64.4 Å². The van der Waals surface area contributed by atoms with Crippen LogP contribution in [0.1, 0.15) is 46.9 Å². The van der Waals surface area contributed by atoms with E-state index in [4.69, 9.17) is 4.74 Å². The SMILES string of the molecule is CCn1ccnc1C1(O)CC(C)(C)OC1(C)C. The van der Waals surface area contributed by atoms with Gasteiger partial charge in [-0.15, -0.1) is 0 Å². The summed E-state index contributed by atoms with van der Waals surface area (Å²) in [5.41, 5.74) is -1.99. The van der Waals surface area contributed by atoms with Gasteiger partial charge in [0.1, 0.15) is 5.82 Å². The predicted octanol–water partition coefficient (Wildman–Crippen LogP) is 2.07. The minimum Gasteiger partial charge on any atom is -0.379 e. The minimum absolute atomic E-state index is 0.331. The zero-order chi connectivity index (χ0) is 12.9. The fraction of sp³-hybridized carbons (Fsp3) is 0.769. The van der Waals surface area contributed by atoms with Crippen molar-refractivity contribution in [1.82, 2.24) is 9.55 Å². The van der Waals surface area contributed by atoms with Gasteiger partial charge in [-0.3, -0.25) is 0 Å². The lowest BCUT2D eigenvalue weighted by Crippen LogP contribution is -2.45. The third kappa shape index (κ3) is 1.79. The lowest BCUT2D eigenvalue weighted by Gasteiger charge is -2.34. The molecule has 2 rings (SSSR count). The molecule has 1 N–H and O–H groups in total. The molecule has 1 atom stereocenters. The number of rotatable bonds is 2. The summed E-state index contributed by atoms with van der Waals surface area (Å²) in [4.78, 5) is 4.33. The van der Waals surface area contributed by atoms with Crippen LogP contribution in [0.15, 0.2) is 12.4 Å². The quantitative estimate of drug-likeness (QED) is 0.858. The molecule has 1 unspecified atom stereocenters. The van der Waals surface area contributed by atoms with Gasteiger partial charge >= 0.3 is 0 Å². The number of nitrogens with zero attached hydrogens (tertiary/aromatic N) is 2. The fourth-order valence-electron chi connectivity index (χ4n) is 2.92. The van der Waals surface area contributed by atoms with E-state index >= 15 is 0 Å². The van der Waals surface area contributed by atoms with Crippen LogP contribution in [0, 0.1) is 0 Å². The Bertz CT molecular complexity index is 423. The van der Waals surface area contributed by atoms with Crippen molar-refractivity contribution < 1.29 is 9.84 Å². The molecule has 1 aromatic heterocycles. The van der Waals surface area contributed by atoms with Crippen LogP contribution < -0.4 is 0 Å². The van der Waals surface area contributed by atoms with Gasteiger partial charge in [0, 0.05) is 25.4 Å². The van der Waals surface area contributed by atoms with Crippen LogP contribution in [-0.4, -0.2) is 25.9 Å². The largest absolute Gasteiger partial charge is 0.379 e. The summed E-state index contributed by atoms with van der Waals surface area (Å²) in [7, 11) is 0. The molecule has 4 heteroatoms. The monoisotopic (exact) mass is 238 g/mol. The molecule has 1 aliphatic rings. The molecule has 1 aromatic rings. The maximum atomic E-state index is 11.0. The maximum absolute atomic E-state index is 11.0. The average Bonchev–Trinajstić information content (AvgIpc) is 2.67. The summed E-state index contributed by atoms with van der Waals surface area (Å²) in [5.74, 6) is 0.704. The molecule has 1 saturated heterocycles. The van der Waals surface area contributed by atoms with E-state index < -0.39 is 11.2 Å². The van der Waals surface area contributed by atoms with E-state index in [1.54, 1.807) is 6.20 Å². The van der Waals surface area contributed by atoms with Gasteiger partial charge < -0.3 is 14.4 Å².